The highest BCUT2D eigenvalue weighted by Crippen LogP contribution is 2.29. The van der Waals surface area contributed by atoms with Crippen molar-refractivity contribution in [2.75, 3.05) is 13.1 Å². The Bertz CT molecular complexity index is 1090. The quantitative estimate of drug-likeness (QED) is 0.325. The molecule has 4 aromatic rings. The molecule has 1 saturated heterocycles. The molecule has 5 rings (SSSR count). The fraction of sp³-hybridized carbons (Fsp3) is 0.273. The van der Waals surface area contributed by atoms with Gasteiger partial charge in [-0.05, 0) is 71.8 Å². The summed E-state index contributed by atoms with van der Waals surface area (Å²) < 4.78 is 0.994. The van der Waals surface area contributed by atoms with Crippen LogP contribution in [0.15, 0.2) is 48.8 Å². The number of piperidine rings is 1. The van der Waals surface area contributed by atoms with Crippen molar-refractivity contribution in [3.63, 3.8) is 0 Å². The average Bonchev–Trinajstić information content (AvgIpc) is 3.06. The Morgan fingerprint density at radius 3 is 2.52 bits per heavy atom. The molecule has 0 saturated carbocycles. The summed E-state index contributed by atoms with van der Waals surface area (Å²) in [6.45, 7) is 3.53. The van der Waals surface area contributed by atoms with E-state index in [9.17, 15) is 0 Å². The first-order valence-electron chi connectivity index (χ1n) is 9.51. The number of H-pyrrole nitrogens is 1. The molecule has 4 heterocycles. The lowest BCUT2D eigenvalue weighted by molar-refractivity contribution is 0.221. The minimum Gasteiger partial charge on any atom is -0.338 e. The number of nitrogens with one attached hydrogen (secondary N) is 1. The molecule has 1 N–H and O–H groups in total. The number of rotatable bonds is 3. The van der Waals surface area contributed by atoms with E-state index in [1.807, 2.05) is 12.4 Å². The molecule has 0 amide bonds. The fourth-order valence-corrected chi connectivity index (χ4v) is 4.44. The number of aromatic nitrogens is 3. The molecule has 1 fully saturated rings. The number of halogens is 1. The van der Waals surface area contributed by atoms with Gasteiger partial charge in [0, 0.05) is 29.1 Å². The Morgan fingerprint density at radius 1 is 0.889 bits per heavy atom. The summed E-state index contributed by atoms with van der Waals surface area (Å²) in [6.07, 6.45) is 7.89. The third kappa shape index (κ3) is 3.46. The minimum absolute atomic E-state index is 0.916. The van der Waals surface area contributed by atoms with E-state index in [-0.39, 0.29) is 0 Å². The van der Waals surface area contributed by atoms with Crippen LogP contribution in [-0.2, 0) is 6.54 Å². The van der Waals surface area contributed by atoms with Gasteiger partial charge >= 0.3 is 0 Å². The molecule has 3 aromatic heterocycles. The van der Waals surface area contributed by atoms with E-state index in [0.717, 1.165) is 32.4 Å². The van der Waals surface area contributed by atoms with E-state index in [1.54, 1.807) is 0 Å². The van der Waals surface area contributed by atoms with Crippen LogP contribution < -0.4 is 0 Å². The third-order valence-electron chi connectivity index (χ3n) is 5.44. The standard InChI is InChI=1S/C22H21IN4/c23-21-11-18-19-10-17(12-25-22(19)26-20(18)13-24-21)16-6-4-15(5-7-16)14-27-8-2-1-3-9-27/h4-7,10-13H,1-3,8-9,14H2,(H,25,26). The van der Waals surface area contributed by atoms with Crippen molar-refractivity contribution in [1.29, 1.82) is 0 Å². The molecule has 1 aliphatic heterocycles. The van der Waals surface area contributed by atoms with Gasteiger partial charge < -0.3 is 4.98 Å². The number of hydrogen-bond donors (Lipinski definition) is 1. The zero-order valence-electron chi connectivity index (χ0n) is 15.1. The maximum atomic E-state index is 4.65. The number of aromatic amines is 1. The Labute approximate surface area is 172 Å². The largest absolute Gasteiger partial charge is 0.338 e. The van der Waals surface area contributed by atoms with E-state index >= 15 is 0 Å². The average molecular weight is 468 g/mol. The first-order chi connectivity index (χ1) is 13.3. The highest BCUT2D eigenvalue weighted by molar-refractivity contribution is 14.1. The molecule has 1 aromatic carbocycles. The molecular weight excluding hydrogens is 447 g/mol. The van der Waals surface area contributed by atoms with Gasteiger partial charge in [0.2, 0.25) is 0 Å². The van der Waals surface area contributed by atoms with E-state index < -0.39 is 0 Å². The summed E-state index contributed by atoms with van der Waals surface area (Å²) in [7, 11) is 0. The number of hydrogen-bond acceptors (Lipinski definition) is 3. The fourth-order valence-electron chi connectivity index (χ4n) is 3.99. The van der Waals surface area contributed by atoms with Crippen LogP contribution in [0.1, 0.15) is 24.8 Å². The second-order valence-corrected chi connectivity index (χ2v) is 8.44. The maximum absolute atomic E-state index is 4.65. The second kappa shape index (κ2) is 7.20. The van der Waals surface area contributed by atoms with Gasteiger partial charge in [0.15, 0.2) is 0 Å². The predicted octanol–water partition coefficient (Wildman–Crippen LogP) is 5.37. The van der Waals surface area contributed by atoms with E-state index in [4.69, 9.17) is 0 Å². The van der Waals surface area contributed by atoms with Gasteiger partial charge in [-0.15, -0.1) is 0 Å². The molecule has 5 heteroatoms. The normalized spacial score (nSPS) is 15.6. The Morgan fingerprint density at radius 2 is 1.70 bits per heavy atom. The first kappa shape index (κ1) is 17.1. The smallest absolute Gasteiger partial charge is 0.138 e. The zero-order chi connectivity index (χ0) is 18.2. The van der Waals surface area contributed by atoms with Gasteiger partial charge in [-0.2, -0.15) is 0 Å². The highest BCUT2D eigenvalue weighted by atomic mass is 127. The summed E-state index contributed by atoms with van der Waals surface area (Å²) in [4.78, 5) is 14.9. The van der Waals surface area contributed by atoms with Crippen molar-refractivity contribution in [1.82, 2.24) is 19.9 Å². The number of nitrogens with zero attached hydrogens (tertiary/aromatic N) is 3. The lowest BCUT2D eigenvalue weighted by Crippen LogP contribution is -2.28. The monoisotopic (exact) mass is 468 g/mol. The van der Waals surface area contributed by atoms with Crippen LogP contribution in [-0.4, -0.2) is 32.9 Å². The number of benzene rings is 1. The second-order valence-electron chi connectivity index (χ2n) is 7.33. The topological polar surface area (TPSA) is 44.8 Å². The maximum Gasteiger partial charge on any atom is 0.138 e. The van der Waals surface area contributed by atoms with Crippen LogP contribution in [0.3, 0.4) is 0 Å². The van der Waals surface area contributed by atoms with Crippen LogP contribution >= 0.6 is 22.6 Å². The van der Waals surface area contributed by atoms with Crippen molar-refractivity contribution in [2.24, 2.45) is 0 Å². The Hall–Kier alpha value is -1.99. The minimum atomic E-state index is 0.916. The van der Waals surface area contributed by atoms with Crippen molar-refractivity contribution in [2.45, 2.75) is 25.8 Å². The summed E-state index contributed by atoms with van der Waals surface area (Å²) in [6, 6.07) is 13.3. The van der Waals surface area contributed by atoms with Crippen LogP contribution in [0.25, 0.3) is 33.1 Å². The van der Waals surface area contributed by atoms with Crippen molar-refractivity contribution < 1.29 is 0 Å². The van der Waals surface area contributed by atoms with Gasteiger partial charge in [-0.3, -0.25) is 4.90 Å². The first-order valence-corrected chi connectivity index (χ1v) is 10.6. The molecule has 0 aliphatic carbocycles. The molecular formula is C22H21IN4. The van der Waals surface area contributed by atoms with Crippen LogP contribution in [0, 0.1) is 3.70 Å². The SMILES string of the molecule is Ic1cc2c(cn1)[nH]c1ncc(-c3ccc(CN4CCCCC4)cc3)cc12. The van der Waals surface area contributed by atoms with Gasteiger partial charge in [-0.1, -0.05) is 30.7 Å². The molecule has 0 radical (unpaired) electrons. The van der Waals surface area contributed by atoms with Gasteiger partial charge in [0.25, 0.3) is 0 Å². The molecule has 0 unspecified atom stereocenters. The molecule has 0 atom stereocenters. The molecule has 27 heavy (non-hydrogen) atoms. The lowest BCUT2D eigenvalue weighted by Gasteiger charge is -2.26. The Balaban J connectivity index is 1.45. The predicted molar refractivity (Wildman–Crippen MR) is 119 cm³/mol. The van der Waals surface area contributed by atoms with Gasteiger partial charge in [0.05, 0.1) is 11.7 Å². The van der Waals surface area contributed by atoms with Crippen LogP contribution in [0.2, 0.25) is 0 Å². The van der Waals surface area contributed by atoms with E-state index in [0.29, 0.717) is 0 Å². The number of fused-ring (bicyclic) bond motifs is 3. The van der Waals surface area contributed by atoms with Gasteiger partial charge in [-0.25, -0.2) is 9.97 Å². The number of pyridine rings is 2. The van der Waals surface area contributed by atoms with Gasteiger partial charge in [0.1, 0.15) is 9.35 Å². The van der Waals surface area contributed by atoms with Crippen molar-refractivity contribution in [3.05, 3.63) is 58.1 Å². The third-order valence-corrected chi connectivity index (χ3v) is 6.03. The number of likely N-dealkylation sites (tertiary alicyclic amines) is 1. The van der Waals surface area contributed by atoms with Crippen molar-refractivity contribution in [3.8, 4) is 11.1 Å². The van der Waals surface area contributed by atoms with Crippen LogP contribution in [0.5, 0.6) is 0 Å². The van der Waals surface area contributed by atoms with Crippen molar-refractivity contribution >= 4 is 44.5 Å². The summed E-state index contributed by atoms with van der Waals surface area (Å²) in [5.41, 5.74) is 5.71. The van der Waals surface area contributed by atoms with Crippen LogP contribution in [0.4, 0.5) is 0 Å². The molecule has 1 aliphatic rings. The zero-order valence-corrected chi connectivity index (χ0v) is 17.2. The highest BCUT2D eigenvalue weighted by Gasteiger charge is 2.11. The molecule has 4 nitrogen and oxygen atoms in total. The molecule has 136 valence electrons. The van der Waals surface area contributed by atoms with E-state index in [2.05, 4.69) is 78.8 Å². The lowest BCUT2D eigenvalue weighted by atomic mass is 10.0. The summed E-state index contributed by atoms with van der Waals surface area (Å²) >= 11 is 2.25. The molecule has 0 spiro atoms. The van der Waals surface area contributed by atoms with E-state index in [1.165, 1.54) is 48.9 Å². The Kier molecular flexibility index (Phi) is 4.57. The molecule has 0 bridgehead atoms. The summed E-state index contributed by atoms with van der Waals surface area (Å²) in [5.74, 6) is 0. The summed E-state index contributed by atoms with van der Waals surface area (Å²) in [5, 5.41) is 2.33.